The minimum absolute atomic E-state index is 0.130. The zero-order chi connectivity index (χ0) is 21.9. The van der Waals surface area contributed by atoms with Gasteiger partial charge in [-0.05, 0) is 85.6 Å². The molecule has 0 spiro atoms. The van der Waals surface area contributed by atoms with E-state index in [1.807, 2.05) is 18.2 Å². The first-order chi connectivity index (χ1) is 15.5. The third-order valence-electron chi connectivity index (χ3n) is 7.51. The molecule has 2 aliphatic heterocycles. The highest BCUT2D eigenvalue weighted by molar-refractivity contribution is 7.89. The Morgan fingerprint density at radius 1 is 0.938 bits per heavy atom. The highest BCUT2D eigenvalue weighted by Crippen LogP contribution is 2.48. The predicted octanol–water partition coefficient (Wildman–Crippen LogP) is 4.88. The SMILES string of the molecule is O=C(Nc1cccc2cc(S(=O)(=O)N3CC4CC5CC(C4)CC3C5)ccc12)c1ccco1. The number of nitrogens with zero attached hydrogens (tertiary/aromatic N) is 1. The number of carbonyl (C=O) groups is 1. The molecular weight excluding hydrogens is 424 g/mol. The van der Waals surface area contributed by atoms with Gasteiger partial charge in [0.05, 0.1) is 11.2 Å². The summed E-state index contributed by atoms with van der Waals surface area (Å²) in [4.78, 5) is 12.7. The highest BCUT2D eigenvalue weighted by Gasteiger charge is 2.46. The first kappa shape index (κ1) is 20.0. The van der Waals surface area contributed by atoms with E-state index >= 15 is 0 Å². The standard InChI is InChI=1S/C25H26N2O4S/c28-25(24-5-2-8-31-24)26-23-4-1-3-19-14-21(6-7-22(19)23)32(29,30)27-15-18-10-16-9-17(11-18)13-20(27)12-16/h1-8,14,16-18,20H,9-13,15H2,(H,26,28). The number of anilines is 1. The molecule has 1 N–H and O–H groups in total. The van der Waals surface area contributed by atoms with Crippen LogP contribution in [0.2, 0.25) is 0 Å². The molecule has 2 saturated heterocycles. The van der Waals surface area contributed by atoms with Gasteiger partial charge in [0.25, 0.3) is 5.91 Å². The van der Waals surface area contributed by atoms with Crippen molar-refractivity contribution in [1.82, 2.24) is 4.31 Å². The summed E-state index contributed by atoms with van der Waals surface area (Å²) in [6.45, 7) is 0.650. The molecule has 2 atom stereocenters. The maximum atomic E-state index is 13.7. The summed E-state index contributed by atoms with van der Waals surface area (Å²) < 4.78 is 34.4. The number of hydrogen-bond donors (Lipinski definition) is 1. The molecule has 1 aromatic heterocycles. The molecular formula is C25H26N2O4S. The molecule has 3 heterocycles. The minimum Gasteiger partial charge on any atom is -0.459 e. The van der Waals surface area contributed by atoms with Crippen LogP contribution >= 0.6 is 0 Å². The molecule has 7 heteroatoms. The van der Waals surface area contributed by atoms with Crippen LogP contribution in [0.5, 0.6) is 0 Å². The fourth-order valence-electron chi connectivity index (χ4n) is 6.29. The largest absolute Gasteiger partial charge is 0.459 e. The molecule has 7 rings (SSSR count). The Hall–Kier alpha value is -2.64. The number of hydrogen-bond acceptors (Lipinski definition) is 4. The summed E-state index contributed by atoms with van der Waals surface area (Å²) in [6, 6.07) is 14.1. The van der Waals surface area contributed by atoms with Gasteiger partial charge in [-0.15, -0.1) is 0 Å². The zero-order valence-electron chi connectivity index (χ0n) is 17.7. The quantitative estimate of drug-likeness (QED) is 0.614. The number of amides is 1. The van der Waals surface area contributed by atoms with Crippen LogP contribution in [0.25, 0.3) is 10.8 Å². The summed E-state index contributed by atoms with van der Waals surface area (Å²) in [6.07, 6.45) is 7.09. The van der Waals surface area contributed by atoms with E-state index in [2.05, 4.69) is 5.32 Å². The summed E-state index contributed by atoms with van der Waals surface area (Å²) in [5.74, 6) is 1.76. The van der Waals surface area contributed by atoms with Gasteiger partial charge in [-0.2, -0.15) is 4.31 Å². The molecule has 2 aliphatic carbocycles. The third-order valence-corrected chi connectivity index (χ3v) is 9.42. The molecule has 1 amide bonds. The molecule has 2 unspecified atom stereocenters. The molecule has 2 aromatic carbocycles. The van der Waals surface area contributed by atoms with Crippen molar-refractivity contribution in [3.8, 4) is 0 Å². The van der Waals surface area contributed by atoms with Crippen molar-refractivity contribution in [3.63, 3.8) is 0 Å². The Morgan fingerprint density at radius 3 is 2.47 bits per heavy atom. The van der Waals surface area contributed by atoms with Crippen LogP contribution in [-0.2, 0) is 10.0 Å². The second-order valence-electron chi connectivity index (χ2n) is 9.63. The van der Waals surface area contributed by atoms with E-state index in [-0.39, 0.29) is 17.7 Å². The van der Waals surface area contributed by atoms with E-state index in [1.54, 1.807) is 34.6 Å². The molecule has 4 aliphatic rings. The fraction of sp³-hybridized carbons (Fsp3) is 0.400. The van der Waals surface area contributed by atoms with E-state index in [0.717, 1.165) is 23.6 Å². The summed E-state index contributed by atoms with van der Waals surface area (Å²) in [5.41, 5.74) is 0.624. The lowest BCUT2D eigenvalue weighted by atomic mass is 9.68. The van der Waals surface area contributed by atoms with Gasteiger partial charge in [0.15, 0.2) is 5.76 Å². The van der Waals surface area contributed by atoms with E-state index in [4.69, 9.17) is 4.42 Å². The Kier molecular flexibility index (Phi) is 4.66. The van der Waals surface area contributed by atoms with E-state index in [0.29, 0.717) is 34.9 Å². The monoisotopic (exact) mass is 450 g/mol. The van der Waals surface area contributed by atoms with Crippen molar-refractivity contribution < 1.29 is 17.6 Å². The van der Waals surface area contributed by atoms with Crippen molar-refractivity contribution in [2.75, 3.05) is 11.9 Å². The number of furan rings is 1. The van der Waals surface area contributed by atoms with E-state index in [1.165, 1.54) is 25.5 Å². The second kappa shape index (κ2) is 7.46. The van der Waals surface area contributed by atoms with Gasteiger partial charge in [-0.25, -0.2) is 8.42 Å². The van der Waals surface area contributed by atoms with Crippen molar-refractivity contribution in [2.45, 2.75) is 43.0 Å². The summed E-state index contributed by atoms with van der Waals surface area (Å²) in [7, 11) is -3.57. The third kappa shape index (κ3) is 3.35. The molecule has 0 radical (unpaired) electrons. The van der Waals surface area contributed by atoms with Crippen LogP contribution in [0, 0.1) is 17.8 Å². The number of benzene rings is 2. The molecule has 6 nitrogen and oxygen atoms in total. The smallest absolute Gasteiger partial charge is 0.291 e. The van der Waals surface area contributed by atoms with E-state index in [9.17, 15) is 13.2 Å². The van der Waals surface area contributed by atoms with Crippen LogP contribution in [0.15, 0.2) is 64.1 Å². The molecule has 166 valence electrons. The Bertz CT molecular complexity index is 1270. The lowest BCUT2D eigenvalue weighted by Crippen LogP contribution is -2.42. The lowest BCUT2D eigenvalue weighted by molar-refractivity contribution is 0.0997. The van der Waals surface area contributed by atoms with Gasteiger partial charge < -0.3 is 9.73 Å². The Balaban J connectivity index is 1.33. The number of sulfonamides is 1. The van der Waals surface area contributed by atoms with Crippen LogP contribution < -0.4 is 5.32 Å². The summed E-state index contributed by atoms with van der Waals surface area (Å²) in [5, 5.41) is 4.44. The van der Waals surface area contributed by atoms with Gasteiger partial charge in [0, 0.05) is 23.7 Å². The van der Waals surface area contributed by atoms with Crippen molar-refractivity contribution in [1.29, 1.82) is 0 Å². The lowest BCUT2D eigenvalue weighted by Gasteiger charge is -2.38. The highest BCUT2D eigenvalue weighted by atomic mass is 32.2. The zero-order valence-corrected chi connectivity index (χ0v) is 18.6. The average molecular weight is 451 g/mol. The first-order valence-corrected chi connectivity index (χ1v) is 12.8. The van der Waals surface area contributed by atoms with Gasteiger partial charge in [-0.1, -0.05) is 18.2 Å². The van der Waals surface area contributed by atoms with Crippen LogP contribution in [-0.4, -0.2) is 31.2 Å². The predicted molar refractivity (Wildman–Crippen MR) is 122 cm³/mol. The molecule has 4 fully saturated rings. The average Bonchev–Trinajstić information content (AvgIpc) is 3.24. The van der Waals surface area contributed by atoms with Gasteiger partial charge in [-0.3, -0.25) is 4.79 Å². The maximum absolute atomic E-state index is 13.7. The maximum Gasteiger partial charge on any atom is 0.291 e. The van der Waals surface area contributed by atoms with Gasteiger partial charge in [0.1, 0.15) is 0 Å². The Labute approximate surface area is 187 Å². The molecule has 3 aromatic rings. The van der Waals surface area contributed by atoms with Crippen molar-refractivity contribution in [3.05, 3.63) is 60.6 Å². The normalized spacial score (nSPS) is 27.5. The summed E-state index contributed by atoms with van der Waals surface area (Å²) >= 11 is 0. The Morgan fingerprint density at radius 2 is 1.72 bits per heavy atom. The number of rotatable bonds is 4. The molecule has 4 bridgehead atoms. The second-order valence-corrected chi connectivity index (χ2v) is 11.5. The van der Waals surface area contributed by atoms with Crippen molar-refractivity contribution in [2.24, 2.45) is 17.8 Å². The van der Waals surface area contributed by atoms with E-state index < -0.39 is 10.0 Å². The van der Waals surface area contributed by atoms with Gasteiger partial charge >= 0.3 is 0 Å². The molecule has 32 heavy (non-hydrogen) atoms. The van der Waals surface area contributed by atoms with Crippen LogP contribution in [0.4, 0.5) is 5.69 Å². The number of carbonyl (C=O) groups excluding carboxylic acids is 1. The number of nitrogens with one attached hydrogen (secondary N) is 1. The van der Waals surface area contributed by atoms with Crippen LogP contribution in [0.1, 0.15) is 42.7 Å². The topological polar surface area (TPSA) is 79.6 Å². The van der Waals surface area contributed by atoms with Gasteiger partial charge in [0.2, 0.25) is 10.0 Å². The van der Waals surface area contributed by atoms with Crippen molar-refractivity contribution >= 4 is 32.4 Å². The fourth-order valence-corrected chi connectivity index (χ4v) is 8.05. The minimum atomic E-state index is -3.57. The number of fused-ring (bicyclic) bond motifs is 2. The van der Waals surface area contributed by atoms with Crippen LogP contribution in [0.3, 0.4) is 0 Å². The first-order valence-electron chi connectivity index (χ1n) is 11.4. The molecule has 2 saturated carbocycles.